The molecule has 5 heteroatoms. The lowest BCUT2D eigenvalue weighted by atomic mass is 9.89. The molecule has 0 saturated carbocycles. The van der Waals surface area contributed by atoms with Crippen molar-refractivity contribution in [3.05, 3.63) is 35.9 Å². The van der Waals surface area contributed by atoms with Crippen LogP contribution in [0.25, 0.3) is 0 Å². The maximum atomic E-state index is 13.3. The van der Waals surface area contributed by atoms with Crippen LogP contribution in [0.2, 0.25) is 0 Å². The summed E-state index contributed by atoms with van der Waals surface area (Å²) in [5.74, 6) is 0.494. The number of β-amino-alcohol motifs (C(OH)–C–C–N with tert-alkyl or cyclic N) is 1. The van der Waals surface area contributed by atoms with Crippen LogP contribution in [0, 0.1) is 0 Å². The number of amides is 1. The molecule has 2 aliphatic rings. The number of alkyl halides is 1. The summed E-state index contributed by atoms with van der Waals surface area (Å²) in [6.07, 6.45) is -0.224. The Balaban J connectivity index is 1.47. The Bertz CT molecular complexity index is 493. The maximum Gasteiger partial charge on any atom is 0.236 e. The number of likely N-dealkylation sites (tertiary alicyclic amines) is 2. The summed E-state index contributed by atoms with van der Waals surface area (Å²) in [5.41, 5.74) is 1.37. The summed E-state index contributed by atoms with van der Waals surface area (Å²) in [7, 11) is 0. The number of rotatable bonds is 3. The fourth-order valence-electron chi connectivity index (χ4n) is 3.39. The second kappa shape index (κ2) is 6.75. The van der Waals surface area contributed by atoms with E-state index >= 15 is 0 Å². The van der Waals surface area contributed by atoms with E-state index in [2.05, 4.69) is 29.2 Å². The molecular formula is C17H23FN2O2. The summed E-state index contributed by atoms with van der Waals surface area (Å²) >= 11 is 0. The molecule has 1 aromatic rings. The Morgan fingerprint density at radius 2 is 1.86 bits per heavy atom. The monoisotopic (exact) mass is 306 g/mol. The molecule has 4 nitrogen and oxygen atoms in total. The van der Waals surface area contributed by atoms with Gasteiger partial charge in [-0.1, -0.05) is 30.3 Å². The van der Waals surface area contributed by atoms with Crippen LogP contribution in [-0.2, 0) is 4.79 Å². The molecule has 1 aromatic carbocycles. The van der Waals surface area contributed by atoms with Gasteiger partial charge in [-0.2, -0.15) is 0 Å². The van der Waals surface area contributed by atoms with E-state index in [0.29, 0.717) is 12.5 Å². The minimum Gasteiger partial charge on any atom is -0.388 e. The zero-order valence-electron chi connectivity index (χ0n) is 12.7. The Morgan fingerprint density at radius 1 is 1.18 bits per heavy atom. The SMILES string of the molecule is O=C(CN1CCC(c2ccccc2)CC1)N1C[C@@H](O)[C@H](F)C1. The molecular weight excluding hydrogens is 283 g/mol. The van der Waals surface area contributed by atoms with Crippen molar-refractivity contribution in [1.82, 2.24) is 9.80 Å². The fourth-order valence-corrected chi connectivity index (χ4v) is 3.39. The van der Waals surface area contributed by atoms with Crippen molar-refractivity contribution in [3.63, 3.8) is 0 Å². The average Bonchev–Trinajstić information content (AvgIpc) is 2.88. The molecule has 2 heterocycles. The van der Waals surface area contributed by atoms with Gasteiger partial charge in [-0.3, -0.25) is 9.69 Å². The van der Waals surface area contributed by atoms with E-state index in [-0.39, 0.29) is 19.0 Å². The number of hydrogen-bond donors (Lipinski definition) is 1. The van der Waals surface area contributed by atoms with Crippen LogP contribution in [0.15, 0.2) is 30.3 Å². The summed E-state index contributed by atoms with van der Waals surface area (Å²) in [4.78, 5) is 15.7. The molecule has 1 N–H and O–H groups in total. The van der Waals surface area contributed by atoms with Crippen molar-refractivity contribution in [1.29, 1.82) is 0 Å². The van der Waals surface area contributed by atoms with Crippen molar-refractivity contribution in [2.24, 2.45) is 0 Å². The lowest BCUT2D eigenvalue weighted by Gasteiger charge is -2.32. The molecule has 22 heavy (non-hydrogen) atoms. The predicted octanol–water partition coefficient (Wildman–Crippen LogP) is 1.41. The van der Waals surface area contributed by atoms with Gasteiger partial charge in [0.25, 0.3) is 0 Å². The van der Waals surface area contributed by atoms with Gasteiger partial charge in [-0.25, -0.2) is 4.39 Å². The Morgan fingerprint density at radius 3 is 2.45 bits per heavy atom. The Hall–Kier alpha value is -1.46. The number of aliphatic hydroxyl groups is 1. The minimum atomic E-state index is -1.30. The number of halogens is 1. The van der Waals surface area contributed by atoms with Crippen LogP contribution in [0.1, 0.15) is 24.3 Å². The molecule has 0 radical (unpaired) electrons. The van der Waals surface area contributed by atoms with E-state index in [0.717, 1.165) is 25.9 Å². The molecule has 3 rings (SSSR count). The van der Waals surface area contributed by atoms with Crippen LogP contribution < -0.4 is 0 Å². The van der Waals surface area contributed by atoms with Crippen LogP contribution >= 0.6 is 0 Å². The lowest BCUT2D eigenvalue weighted by Crippen LogP contribution is -2.42. The third kappa shape index (κ3) is 3.47. The fraction of sp³-hybridized carbons (Fsp3) is 0.588. The second-order valence-electron chi connectivity index (χ2n) is 6.34. The number of carbonyl (C=O) groups is 1. The van der Waals surface area contributed by atoms with Crippen LogP contribution in [-0.4, -0.2) is 65.8 Å². The van der Waals surface area contributed by atoms with Gasteiger partial charge in [0, 0.05) is 6.54 Å². The first-order chi connectivity index (χ1) is 10.6. The first-order valence-electron chi connectivity index (χ1n) is 8.00. The van der Waals surface area contributed by atoms with Crippen molar-refractivity contribution >= 4 is 5.91 Å². The van der Waals surface area contributed by atoms with Gasteiger partial charge in [0.05, 0.1) is 13.1 Å². The first kappa shape index (κ1) is 15.4. The largest absolute Gasteiger partial charge is 0.388 e. The van der Waals surface area contributed by atoms with E-state index in [4.69, 9.17) is 0 Å². The van der Waals surface area contributed by atoms with Crippen molar-refractivity contribution in [2.45, 2.75) is 31.0 Å². The zero-order chi connectivity index (χ0) is 15.5. The van der Waals surface area contributed by atoms with Crippen LogP contribution in [0.4, 0.5) is 4.39 Å². The lowest BCUT2D eigenvalue weighted by molar-refractivity contribution is -0.132. The van der Waals surface area contributed by atoms with Crippen molar-refractivity contribution in [3.8, 4) is 0 Å². The third-order valence-corrected chi connectivity index (χ3v) is 4.79. The van der Waals surface area contributed by atoms with Gasteiger partial charge < -0.3 is 10.0 Å². The highest BCUT2D eigenvalue weighted by Crippen LogP contribution is 2.27. The number of carbonyl (C=O) groups excluding carboxylic acids is 1. The van der Waals surface area contributed by atoms with Crippen molar-refractivity contribution < 1.29 is 14.3 Å². The molecule has 120 valence electrons. The molecule has 2 atom stereocenters. The van der Waals surface area contributed by atoms with E-state index in [1.54, 1.807) is 0 Å². The summed E-state index contributed by atoms with van der Waals surface area (Å²) < 4.78 is 13.3. The summed E-state index contributed by atoms with van der Waals surface area (Å²) in [5, 5.41) is 9.40. The number of nitrogens with zero attached hydrogens (tertiary/aromatic N) is 2. The molecule has 0 aliphatic carbocycles. The normalized spacial score (nSPS) is 27.3. The molecule has 2 aliphatic heterocycles. The second-order valence-corrected chi connectivity index (χ2v) is 6.34. The standard InChI is InChI=1S/C17H23FN2O2/c18-15-10-20(11-16(15)21)17(22)12-19-8-6-14(7-9-19)13-4-2-1-3-5-13/h1-5,14-16,21H,6-12H2/t15-,16-/m1/s1. The quantitative estimate of drug-likeness (QED) is 0.918. The molecule has 0 spiro atoms. The molecule has 0 unspecified atom stereocenters. The molecule has 0 aromatic heterocycles. The maximum absolute atomic E-state index is 13.3. The number of piperidine rings is 1. The highest BCUT2D eigenvalue weighted by Gasteiger charge is 2.34. The highest BCUT2D eigenvalue weighted by atomic mass is 19.1. The summed E-state index contributed by atoms with van der Waals surface area (Å²) in [6, 6.07) is 10.5. The van der Waals surface area contributed by atoms with Gasteiger partial charge in [-0.05, 0) is 37.4 Å². The van der Waals surface area contributed by atoms with Gasteiger partial charge in [-0.15, -0.1) is 0 Å². The van der Waals surface area contributed by atoms with Gasteiger partial charge in [0.15, 0.2) is 0 Å². The molecule has 2 fully saturated rings. The zero-order valence-corrected chi connectivity index (χ0v) is 12.7. The summed E-state index contributed by atoms with van der Waals surface area (Å²) in [6.45, 7) is 2.27. The smallest absolute Gasteiger partial charge is 0.236 e. The van der Waals surface area contributed by atoms with E-state index in [1.165, 1.54) is 10.5 Å². The van der Waals surface area contributed by atoms with E-state index in [1.807, 2.05) is 6.07 Å². The molecule has 2 saturated heterocycles. The third-order valence-electron chi connectivity index (χ3n) is 4.79. The molecule has 0 bridgehead atoms. The van der Waals surface area contributed by atoms with Gasteiger partial charge in [0.2, 0.25) is 5.91 Å². The Kier molecular flexibility index (Phi) is 4.74. The first-order valence-corrected chi connectivity index (χ1v) is 8.00. The minimum absolute atomic E-state index is 0.0283. The van der Waals surface area contributed by atoms with E-state index < -0.39 is 12.3 Å². The van der Waals surface area contributed by atoms with Crippen molar-refractivity contribution in [2.75, 3.05) is 32.7 Å². The topological polar surface area (TPSA) is 43.8 Å². The van der Waals surface area contributed by atoms with Gasteiger partial charge >= 0.3 is 0 Å². The number of aliphatic hydroxyl groups excluding tert-OH is 1. The number of benzene rings is 1. The van der Waals surface area contributed by atoms with Crippen LogP contribution in [0.5, 0.6) is 0 Å². The molecule has 1 amide bonds. The average molecular weight is 306 g/mol. The predicted molar refractivity (Wildman–Crippen MR) is 82.3 cm³/mol. The van der Waals surface area contributed by atoms with E-state index in [9.17, 15) is 14.3 Å². The highest BCUT2D eigenvalue weighted by molar-refractivity contribution is 5.78. The number of hydrogen-bond acceptors (Lipinski definition) is 3. The Labute approximate surface area is 130 Å². The van der Waals surface area contributed by atoms with Gasteiger partial charge in [0.1, 0.15) is 12.3 Å². The van der Waals surface area contributed by atoms with Crippen LogP contribution in [0.3, 0.4) is 0 Å².